The number of carbonyl (C=O) groups excluding carboxylic acids is 1. The summed E-state index contributed by atoms with van der Waals surface area (Å²) in [6.45, 7) is 14.4. The lowest BCUT2D eigenvalue weighted by Crippen LogP contribution is -2.10. The summed E-state index contributed by atoms with van der Waals surface area (Å²) in [6.07, 6.45) is 2.61. The minimum atomic E-state index is -0.456. The van der Waals surface area contributed by atoms with E-state index in [4.69, 9.17) is 14.2 Å². The normalized spacial score (nSPS) is 11.8. The highest BCUT2D eigenvalue weighted by molar-refractivity contribution is 6.28. The molecule has 0 bridgehead atoms. The molecule has 8 aromatic carbocycles. The molecule has 0 aliphatic carbocycles. The topological polar surface area (TPSA) is 44.8 Å². The number of benzene rings is 8. The first-order chi connectivity index (χ1) is 24.7. The van der Waals surface area contributed by atoms with E-state index in [2.05, 4.69) is 125 Å². The number of ether oxygens (including phenoxy) is 3. The van der Waals surface area contributed by atoms with Crippen LogP contribution in [0.3, 0.4) is 0 Å². The third-order valence-corrected chi connectivity index (χ3v) is 9.81. The second-order valence-electron chi connectivity index (χ2n) is 14.1. The van der Waals surface area contributed by atoms with Crippen LogP contribution in [0.25, 0.3) is 76.1 Å². The van der Waals surface area contributed by atoms with Crippen molar-refractivity contribution in [3.8, 4) is 33.8 Å². The Balaban J connectivity index is 1.29. The molecule has 4 heteroatoms. The standard InChI is InChI=1S/C47H38O4/c1-6-44(48)51-21-20-50-39-17-13-30-23-34(11-9-32(30)27-39)43-28-42(33-10-8-31-26-38(49-7-2)16-12-29(31)22-33)40-18-14-35-24-37(47(3,4)5)25-36-15-19-41(43)46(40)45(35)36/h6-19,22-28H,1-2,20-21H2,3-5H3. The molecular formula is C47H38O4. The molecule has 4 nitrogen and oxygen atoms in total. The molecule has 51 heavy (non-hydrogen) atoms. The smallest absolute Gasteiger partial charge is 0.330 e. The zero-order valence-corrected chi connectivity index (χ0v) is 29.1. The maximum Gasteiger partial charge on any atom is 0.330 e. The summed E-state index contributed by atoms with van der Waals surface area (Å²) in [6, 6.07) is 41.8. The van der Waals surface area contributed by atoms with E-state index in [1.165, 1.54) is 55.3 Å². The van der Waals surface area contributed by atoms with Crippen LogP contribution in [0.1, 0.15) is 26.3 Å². The predicted molar refractivity (Wildman–Crippen MR) is 212 cm³/mol. The Labute approximate surface area is 297 Å². The highest BCUT2D eigenvalue weighted by Gasteiger charge is 2.20. The van der Waals surface area contributed by atoms with Gasteiger partial charge in [0.05, 0.1) is 6.26 Å². The monoisotopic (exact) mass is 666 g/mol. The predicted octanol–water partition coefficient (Wildman–Crippen LogP) is 12.2. The van der Waals surface area contributed by atoms with E-state index in [1.54, 1.807) is 0 Å². The quantitative estimate of drug-likeness (QED) is 0.0506. The molecule has 0 amide bonds. The maximum absolute atomic E-state index is 11.4. The van der Waals surface area contributed by atoms with Gasteiger partial charge in [-0.15, -0.1) is 0 Å². The molecule has 0 unspecified atom stereocenters. The average Bonchev–Trinajstić information content (AvgIpc) is 3.14. The van der Waals surface area contributed by atoms with Crippen molar-refractivity contribution in [2.45, 2.75) is 26.2 Å². The van der Waals surface area contributed by atoms with Crippen molar-refractivity contribution < 1.29 is 19.0 Å². The molecule has 0 aliphatic heterocycles. The fourth-order valence-corrected chi connectivity index (χ4v) is 7.23. The number of esters is 1. The van der Waals surface area contributed by atoms with Gasteiger partial charge in [0.25, 0.3) is 0 Å². The lowest BCUT2D eigenvalue weighted by atomic mass is 9.81. The van der Waals surface area contributed by atoms with Crippen LogP contribution in [-0.4, -0.2) is 19.2 Å². The van der Waals surface area contributed by atoms with Crippen molar-refractivity contribution in [2.24, 2.45) is 0 Å². The summed E-state index contributed by atoms with van der Waals surface area (Å²) in [5.74, 6) is 1.04. The molecule has 8 rings (SSSR count). The zero-order chi connectivity index (χ0) is 35.3. The molecule has 0 aromatic heterocycles. The van der Waals surface area contributed by atoms with Crippen LogP contribution >= 0.6 is 0 Å². The summed E-state index contributed by atoms with van der Waals surface area (Å²) >= 11 is 0. The molecule has 0 heterocycles. The van der Waals surface area contributed by atoms with Crippen molar-refractivity contribution in [3.05, 3.63) is 146 Å². The van der Waals surface area contributed by atoms with Gasteiger partial charge in [0.2, 0.25) is 0 Å². The van der Waals surface area contributed by atoms with E-state index in [1.807, 2.05) is 24.3 Å². The van der Waals surface area contributed by atoms with Crippen molar-refractivity contribution in [3.63, 3.8) is 0 Å². The van der Waals surface area contributed by atoms with Gasteiger partial charge in [0.1, 0.15) is 24.7 Å². The summed E-state index contributed by atoms with van der Waals surface area (Å²) in [7, 11) is 0. The van der Waals surface area contributed by atoms with Crippen molar-refractivity contribution in [1.82, 2.24) is 0 Å². The first-order valence-electron chi connectivity index (χ1n) is 17.2. The van der Waals surface area contributed by atoms with Gasteiger partial charge < -0.3 is 14.2 Å². The molecule has 0 spiro atoms. The number of rotatable bonds is 9. The second kappa shape index (κ2) is 12.6. The Kier molecular flexibility index (Phi) is 7.95. The van der Waals surface area contributed by atoms with Crippen LogP contribution < -0.4 is 9.47 Å². The van der Waals surface area contributed by atoms with Gasteiger partial charge in [-0.2, -0.15) is 0 Å². The number of hydrogen-bond acceptors (Lipinski definition) is 4. The van der Waals surface area contributed by atoms with Crippen LogP contribution in [0.5, 0.6) is 11.5 Å². The molecular weight excluding hydrogens is 629 g/mol. The Bertz CT molecular complexity index is 2640. The number of fused-ring (bicyclic) bond motifs is 2. The fraction of sp³-hybridized carbons (Fsp3) is 0.128. The van der Waals surface area contributed by atoms with Gasteiger partial charge in [0, 0.05) is 6.08 Å². The molecule has 0 aliphatic rings. The highest BCUT2D eigenvalue weighted by Crippen LogP contribution is 2.46. The van der Waals surface area contributed by atoms with E-state index in [9.17, 15) is 4.79 Å². The van der Waals surface area contributed by atoms with Crippen molar-refractivity contribution in [1.29, 1.82) is 0 Å². The first-order valence-corrected chi connectivity index (χ1v) is 17.2. The minimum Gasteiger partial charge on any atom is -0.490 e. The summed E-state index contributed by atoms with van der Waals surface area (Å²) in [4.78, 5) is 11.4. The Hall–Kier alpha value is -6.13. The van der Waals surface area contributed by atoms with E-state index in [0.717, 1.165) is 50.2 Å². The molecule has 0 saturated heterocycles. The SMILES string of the molecule is C=COc1ccc2cc(-c3cc(-c4ccc5cc(OCCOC(=O)C=C)ccc5c4)c4ccc5cc(C(C)(C)C)cc6ccc3c4c65)ccc2c1. The van der Waals surface area contributed by atoms with Crippen LogP contribution in [0.2, 0.25) is 0 Å². The lowest BCUT2D eigenvalue weighted by Gasteiger charge is -2.23. The minimum absolute atomic E-state index is 0.0385. The summed E-state index contributed by atoms with van der Waals surface area (Å²) in [5.41, 5.74) is 6.06. The Morgan fingerprint density at radius 1 is 0.588 bits per heavy atom. The van der Waals surface area contributed by atoms with E-state index < -0.39 is 5.97 Å². The van der Waals surface area contributed by atoms with Gasteiger partial charge in [-0.25, -0.2) is 4.79 Å². The van der Waals surface area contributed by atoms with Crippen LogP contribution in [0.4, 0.5) is 0 Å². The van der Waals surface area contributed by atoms with Crippen LogP contribution in [0.15, 0.2) is 141 Å². The van der Waals surface area contributed by atoms with Gasteiger partial charge in [-0.3, -0.25) is 0 Å². The third-order valence-electron chi connectivity index (χ3n) is 9.81. The molecule has 0 N–H and O–H groups in total. The van der Waals surface area contributed by atoms with Crippen LogP contribution in [-0.2, 0) is 14.9 Å². The maximum atomic E-state index is 11.4. The summed E-state index contributed by atoms with van der Waals surface area (Å²) in [5, 5.41) is 12.0. The molecule has 0 atom stereocenters. The van der Waals surface area contributed by atoms with Gasteiger partial charge in [0.15, 0.2) is 0 Å². The van der Waals surface area contributed by atoms with Crippen molar-refractivity contribution in [2.75, 3.05) is 13.2 Å². The molecule has 0 radical (unpaired) electrons. The molecule has 8 aromatic rings. The number of carbonyl (C=O) groups is 1. The Morgan fingerprint density at radius 2 is 1.12 bits per heavy atom. The van der Waals surface area contributed by atoms with Gasteiger partial charge in [-0.05, 0) is 130 Å². The third kappa shape index (κ3) is 5.93. The lowest BCUT2D eigenvalue weighted by molar-refractivity contribution is -0.138. The molecule has 250 valence electrons. The first kappa shape index (κ1) is 32.1. The van der Waals surface area contributed by atoms with Crippen LogP contribution in [0, 0.1) is 0 Å². The fourth-order valence-electron chi connectivity index (χ4n) is 7.23. The van der Waals surface area contributed by atoms with E-state index in [0.29, 0.717) is 0 Å². The van der Waals surface area contributed by atoms with E-state index in [-0.39, 0.29) is 18.6 Å². The summed E-state index contributed by atoms with van der Waals surface area (Å²) < 4.78 is 16.5. The zero-order valence-electron chi connectivity index (χ0n) is 29.1. The Morgan fingerprint density at radius 3 is 1.69 bits per heavy atom. The van der Waals surface area contributed by atoms with Gasteiger partial charge in [-0.1, -0.05) is 107 Å². The highest BCUT2D eigenvalue weighted by atomic mass is 16.6. The second-order valence-corrected chi connectivity index (χ2v) is 14.1. The molecule has 0 fully saturated rings. The molecule has 0 saturated carbocycles. The average molecular weight is 667 g/mol. The number of hydrogen-bond donors (Lipinski definition) is 0. The largest absolute Gasteiger partial charge is 0.490 e. The van der Waals surface area contributed by atoms with Crippen molar-refractivity contribution >= 4 is 59.8 Å². The van der Waals surface area contributed by atoms with Gasteiger partial charge >= 0.3 is 5.97 Å². The van der Waals surface area contributed by atoms with E-state index >= 15 is 0 Å².